The summed E-state index contributed by atoms with van der Waals surface area (Å²) in [5.41, 5.74) is 0. The molecule has 43 heavy (non-hydrogen) atoms. The van der Waals surface area contributed by atoms with E-state index < -0.39 is 116 Å². The van der Waals surface area contributed by atoms with Gasteiger partial charge in [-0.15, -0.1) is 0 Å². The second-order valence-electron chi connectivity index (χ2n) is 8.14. The normalized spacial score (nSPS) is 34.6. The Balaban J connectivity index is 2.67. The highest BCUT2D eigenvalue weighted by Gasteiger charge is 2.57. The van der Waals surface area contributed by atoms with Gasteiger partial charge in [-0.25, -0.2) is 38.5 Å². The standard InChI is InChI=1S/C15H26O24S4/c1-30-7-6(5(4-33-40(18,19)20)34-14(32-3)11(7)38-42(24,25)26)35-15-12(39-43(27,28)29)8(31-2)9(37-41(21,22)23)10(36-15)13(16)17/h5-12,14-15H,4H2,1-3H3,(H,16,17)(H,18,19,20)(H,21,22,23)(H,24,25,26)(H,27,28,29)/p-4/t5-,6?,7-,8+,9+,10-,11-,12-,14+,15-/m1/s1. The van der Waals surface area contributed by atoms with Crippen molar-refractivity contribution in [2.45, 2.75) is 61.4 Å². The zero-order valence-corrected chi connectivity index (χ0v) is 24.7. The van der Waals surface area contributed by atoms with E-state index in [1.807, 2.05) is 0 Å². The minimum atomic E-state index is -5.85. The molecule has 2 saturated heterocycles. The molecule has 2 aliphatic heterocycles. The lowest BCUT2D eigenvalue weighted by Gasteiger charge is -2.48. The Bertz CT molecular complexity index is 1390. The second-order valence-corrected chi connectivity index (χ2v) is 12.2. The number of hydrogen-bond acceptors (Lipinski definition) is 23. The monoisotopic (exact) mass is 714 g/mol. The van der Waals surface area contributed by atoms with Crippen LogP contribution in [0.25, 0.3) is 0 Å². The van der Waals surface area contributed by atoms with Gasteiger partial charge < -0.3 is 51.7 Å². The number of hydrogen-bond donors (Lipinski definition) is 1. The molecule has 0 bridgehead atoms. The number of carbonyl (C=O) groups is 1. The van der Waals surface area contributed by atoms with Gasteiger partial charge in [0.15, 0.2) is 30.9 Å². The van der Waals surface area contributed by atoms with E-state index in [9.17, 15) is 61.8 Å². The summed E-state index contributed by atoms with van der Waals surface area (Å²) in [6.07, 6.45) is -22.7. The summed E-state index contributed by atoms with van der Waals surface area (Å²) in [5, 5.41) is 9.58. The molecule has 0 aromatic heterocycles. The number of aliphatic carboxylic acids is 1. The van der Waals surface area contributed by atoms with Crippen LogP contribution in [0.3, 0.4) is 0 Å². The molecule has 2 aliphatic rings. The van der Waals surface area contributed by atoms with Crippen molar-refractivity contribution < 1.29 is 107 Å². The van der Waals surface area contributed by atoms with Crippen LogP contribution in [-0.2, 0) is 91.5 Å². The van der Waals surface area contributed by atoms with Crippen molar-refractivity contribution in [1.82, 2.24) is 0 Å². The van der Waals surface area contributed by atoms with Crippen LogP contribution in [0.5, 0.6) is 0 Å². The molecular weight excluding hydrogens is 692 g/mol. The lowest BCUT2D eigenvalue weighted by atomic mass is 9.96. The highest BCUT2D eigenvalue weighted by atomic mass is 32.3. The van der Waals surface area contributed by atoms with E-state index in [4.69, 9.17) is 28.4 Å². The van der Waals surface area contributed by atoms with Crippen LogP contribution in [-0.4, -0.2) is 152 Å². The van der Waals surface area contributed by atoms with E-state index >= 15 is 0 Å². The smallest absolute Gasteiger partial charge is 0.335 e. The van der Waals surface area contributed by atoms with Crippen molar-refractivity contribution in [2.75, 3.05) is 27.9 Å². The van der Waals surface area contributed by atoms with Crippen LogP contribution in [0, 0.1) is 0 Å². The van der Waals surface area contributed by atoms with Gasteiger partial charge in [0.1, 0.15) is 30.5 Å². The summed E-state index contributed by atoms with van der Waals surface area (Å²) in [7, 11) is -20.3. The van der Waals surface area contributed by atoms with Gasteiger partial charge in [-0.3, -0.25) is 16.7 Å². The summed E-state index contributed by atoms with van der Waals surface area (Å²) in [6, 6.07) is 0. The van der Waals surface area contributed by atoms with Gasteiger partial charge in [0.2, 0.25) is 41.6 Å². The molecule has 0 aliphatic carbocycles. The summed E-state index contributed by atoms with van der Waals surface area (Å²) < 4.78 is 183. The van der Waals surface area contributed by atoms with Crippen molar-refractivity contribution in [3.05, 3.63) is 0 Å². The third kappa shape index (κ3) is 11.2. The molecule has 28 heteroatoms. The first kappa shape index (κ1) is 37.9. The molecule has 0 aromatic carbocycles. The van der Waals surface area contributed by atoms with Gasteiger partial charge >= 0.3 is 5.97 Å². The quantitative estimate of drug-likeness (QED) is 0.122. The minimum Gasteiger partial charge on any atom is -0.726 e. The molecule has 2 fully saturated rings. The predicted octanol–water partition coefficient (Wildman–Crippen LogP) is -5.40. The first-order valence-electron chi connectivity index (χ1n) is 10.8. The number of rotatable bonds is 15. The summed E-state index contributed by atoms with van der Waals surface area (Å²) in [4.78, 5) is 11.9. The second kappa shape index (κ2) is 14.4. The van der Waals surface area contributed by atoms with E-state index in [-0.39, 0.29) is 0 Å². The molecule has 0 amide bonds. The Morgan fingerprint density at radius 1 is 0.628 bits per heavy atom. The maximum absolute atomic E-state index is 11.9. The van der Waals surface area contributed by atoms with Gasteiger partial charge in [0.05, 0.1) is 6.61 Å². The molecule has 24 nitrogen and oxygen atoms in total. The molecule has 2 heterocycles. The lowest BCUT2D eigenvalue weighted by Crippen LogP contribution is -2.67. The topological polar surface area (TPSA) is 358 Å². The number of methoxy groups -OCH3 is 3. The summed E-state index contributed by atoms with van der Waals surface area (Å²) in [5.74, 6) is -2.09. The van der Waals surface area contributed by atoms with Crippen LogP contribution in [0.15, 0.2) is 0 Å². The SMILES string of the molecule is CO[C@H]1O[C@H](COS(=O)(=O)[O-])C(O[C@@H]2O[C@@H](C(=O)O)[C@@H](OS(=O)(=O)[O-])[C@H](OC)[C@H]2OS(=O)(=O)[O-])[C@@H](OC)[C@H]1OS(=O)(=O)[O-]. The Kier molecular flexibility index (Phi) is 12.7. The number of ether oxygens (including phenoxy) is 6. The van der Waals surface area contributed by atoms with E-state index in [0.29, 0.717) is 7.11 Å². The predicted molar refractivity (Wildman–Crippen MR) is 118 cm³/mol. The van der Waals surface area contributed by atoms with E-state index in [0.717, 1.165) is 14.2 Å². The molecule has 0 aromatic rings. The molecule has 1 unspecified atom stereocenters. The Morgan fingerprint density at radius 3 is 1.47 bits per heavy atom. The van der Waals surface area contributed by atoms with E-state index in [2.05, 4.69) is 16.7 Å². The Hall–Kier alpha value is -1.29. The van der Waals surface area contributed by atoms with Crippen molar-refractivity contribution in [3.8, 4) is 0 Å². The van der Waals surface area contributed by atoms with Crippen LogP contribution in [0.2, 0.25) is 0 Å². The molecular formula is C15H22O24S4-4. The minimum absolute atomic E-state index is 0.692. The van der Waals surface area contributed by atoms with Gasteiger partial charge in [-0.2, -0.15) is 0 Å². The van der Waals surface area contributed by atoms with Crippen molar-refractivity contribution in [2.24, 2.45) is 0 Å². The number of carboxylic acids is 1. The van der Waals surface area contributed by atoms with Crippen LogP contribution in [0.4, 0.5) is 0 Å². The molecule has 0 radical (unpaired) electrons. The molecule has 254 valence electrons. The van der Waals surface area contributed by atoms with Gasteiger partial charge in [-0.1, -0.05) is 0 Å². The largest absolute Gasteiger partial charge is 0.726 e. The highest BCUT2D eigenvalue weighted by Crippen LogP contribution is 2.35. The van der Waals surface area contributed by atoms with Crippen LogP contribution in [0.1, 0.15) is 0 Å². The fourth-order valence-electron chi connectivity index (χ4n) is 4.05. The van der Waals surface area contributed by atoms with Gasteiger partial charge in [0, 0.05) is 21.3 Å². The van der Waals surface area contributed by atoms with Crippen molar-refractivity contribution >= 4 is 47.6 Å². The van der Waals surface area contributed by atoms with E-state index in [1.165, 1.54) is 0 Å². The maximum Gasteiger partial charge on any atom is 0.335 e. The van der Waals surface area contributed by atoms with E-state index in [1.54, 1.807) is 0 Å². The molecule has 2 rings (SSSR count). The van der Waals surface area contributed by atoms with Gasteiger partial charge in [0.25, 0.3) is 0 Å². The molecule has 0 spiro atoms. The average Bonchev–Trinajstić information content (AvgIpc) is 2.81. The first-order chi connectivity index (χ1) is 19.5. The third-order valence-corrected chi connectivity index (χ3v) is 7.26. The average molecular weight is 715 g/mol. The van der Waals surface area contributed by atoms with Crippen molar-refractivity contribution in [1.29, 1.82) is 0 Å². The Morgan fingerprint density at radius 2 is 1.07 bits per heavy atom. The van der Waals surface area contributed by atoms with Crippen LogP contribution < -0.4 is 0 Å². The fourth-order valence-corrected chi connectivity index (χ4v) is 5.77. The maximum atomic E-state index is 11.9. The lowest BCUT2D eigenvalue weighted by molar-refractivity contribution is -0.350. The number of carboxylic acid groups (broad SMARTS) is 1. The summed E-state index contributed by atoms with van der Waals surface area (Å²) >= 11 is 0. The highest BCUT2D eigenvalue weighted by molar-refractivity contribution is 7.81. The van der Waals surface area contributed by atoms with Crippen molar-refractivity contribution in [3.63, 3.8) is 0 Å². The Labute approximate surface area is 243 Å². The molecule has 10 atom stereocenters. The summed E-state index contributed by atoms with van der Waals surface area (Å²) in [6.45, 7) is -1.30. The molecule has 1 N–H and O–H groups in total. The van der Waals surface area contributed by atoms with Crippen LogP contribution >= 0.6 is 0 Å². The zero-order chi connectivity index (χ0) is 33.1. The fraction of sp³-hybridized carbons (Fsp3) is 0.933. The first-order valence-corrected chi connectivity index (χ1v) is 16.1. The molecule has 0 saturated carbocycles. The van der Waals surface area contributed by atoms with Gasteiger partial charge in [-0.05, 0) is 0 Å². The zero-order valence-electron chi connectivity index (χ0n) is 21.5. The third-order valence-electron chi connectivity index (χ3n) is 5.46.